The van der Waals surface area contributed by atoms with Gasteiger partial charge in [0.25, 0.3) is 0 Å². The van der Waals surface area contributed by atoms with Gasteiger partial charge in [-0.15, -0.1) is 0 Å². The molecule has 4 heteroatoms. The molecule has 0 aliphatic heterocycles. The fourth-order valence-corrected chi connectivity index (χ4v) is 2.77. The van der Waals surface area contributed by atoms with Crippen LogP contribution in [0.2, 0.25) is 6.55 Å². The monoisotopic (exact) mass is 253 g/mol. The van der Waals surface area contributed by atoms with Crippen LogP contribution in [-0.4, -0.2) is 34.0 Å². The first kappa shape index (κ1) is 14.4. The van der Waals surface area contributed by atoms with Gasteiger partial charge in [-0.25, -0.2) is 0 Å². The average molecular weight is 253 g/mol. The molecule has 0 amide bonds. The SMILES string of the molecule is CCOCCCO[Si](C)C(O)c1ccccc1. The van der Waals surface area contributed by atoms with E-state index in [4.69, 9.17) is 9.16 Å². The average Bonchev–Trinajstić information content (AvgIpc) is 2.38. The first-order valence-electron chi connectivity index (χ1n) is 6.02. The van der Waals surface area contributed by atoms with E-state index < -0.39 is 14.8 Å². The molecule has 1 unspecified atom stereocenters. The van der Waals surface area contributed by atoms with Crippen LogP contribution in [0.3, 0.4) is 0 Å². The van der Waals surface area contributed by atoms with Crippen LogP contribution in [0, 0.1) is 0 Å². The van der Waals surface area contributed by atoms with Crippen LogP contribution >= 0.6 is 0 Å². The molecular formula is C13H21O3Si. The van der Waals surface area contributed by atoms with Crippen molar-refractivity contribution in [3.8, 4) is 0 Å². The minimum absolute atomic E-state index is 0.465. The van der Waals surface area contributed by atoms with Gasteiger partial charge in [0.05, 0.1) is 5.73 Å². The number of hydrogen-bond acceptors (Lipinski definition) is 3. The molecule has 1 aromatic rings. The van der Waals surface area contributed by atoms with Crippen LogP contribution in [0.25, 0.3) is 0 Å². The first-order valence-corrected chi connectivity index (χ1v) is 8.01. The van der Waals surface area contributed by atoms with E-state index >= 15 is 0 Å². The van der Waals surface area contributed by atoms with Crippen molar-refractivity contribution in [3.05, 3.63) is 35.9 Å². The summed E-state index contributed by atoms with van der Waals surface area (Å²) in [7, 11) is -1.21. The number of ether oxygens (including phenoxy) is 1. The molecule has 1 N–H and O–H groups in total. The lowest BCUT2D eigenvalue weighted by molar-refractivity contribution is 0.126. The Balaban J connectivity index is 2.25. The zero-order valence-corrected chi connectivity index (χ0v) is 11.6. The summed E-state index contributed by atoms with van der Waals surface area (Å²) in [6.07, 6.45) is 0.886. The van der Waals surface area contributed by atoms with Crippen molar-refractivity contribution < 1.29 is 14.3 Å². The maximum atomic E-state index is 10.1. The second-order valence-corrected chi connectivity index (χ2v) is 5.88. The lowest BCUT2D eigenvalue weighted by Gasteiger charge is -2.17. The Kier molecular flexibility index (Phi) is 7.12. The maximum absolute atomic E-state index is 10.1. The zero-order valence-electron chi connectivity index (χ0n) is 10.6. The Morgan fingerprint density at radius 1 is 1.24 bits per heavy atom. The van der Waals surface area contributed by atoms with Gasteiger partial charge in [-0.2, -0.15) is 0 Å². The minimum Gasteiger partial charge on any atom is -0.414 e. The molecular weight excluding hydrogens is 232 g/mol. The van der Waals surface area contributed by atoms with Gasteiger partial charge in [0.15, 0.2) is 0 Å². The largest absolute Gasteiger partial charge is 0.414 e. The van der Waals surface area contributed by atoms with Crippen molar-refractivity contribution in [2.24, 2.45) is 0 Å². The maximum Gasteiger partial charge on any atom is 0.242 e. The Morgan fingerprint density at radius 3 is 2.59 bits per heavy atom. The highest BCUT2D eigenvalue weighted by Gasteiger charge is 2.19. The standard InChI is InChI=1S/C13H21O3Si/c1-3-15-10-7-11-16-17(2)13(14)12-8-5-4-6-9-12/h4-6,8-9,13-14H,3,7,10-11H2,1-2H3. The molecule has 0 fully saturated rings. The summed E-state index contributed by atoms with van der Waals surface area (Å²) in [5.74, 6) is 0. The Hall–Kier alpha value is -0.683. The third kappa shape index (κ3) is 5.45. The molecule has 0 aliphatic rings. The predicted octanol–water partition coefficient (Wildman–Crippen LogP) is 2.32. The van der Waals surface area contributed by atoms with Crippen LogP contribution in [0.15, 0.2) is 30.3 Å². The fourth-order valence-electron chi connectivity index (χ4n) is 1.49. The molecule has 0 aromatic heterocycles. The molecule has 1 atom stereocenters. The first-order chi connectivity index (χ1) is 8.25. The molecule has 95 valence electrons. The Morgan fingerprint density at radius 2 is 1.94 bits per heavy atom. The Bertz CT molecular complexity index is 292. The molecule has 1 aromatic carbocycles. The third-order valence-corrected chi connectivity index (χ3v) is 4.23. The van der Waals surface area contributed by atoms with Crippen molar-refractivity contribution in [2.75, 3.05) is 19.8 Å². The quantitative estimate of drug-likeness (QED) is 0.571. The van der Waals surface area contributed by atoms with Crippen LogP contribution in [-0.2, 0) is 9.16 Å². The summed E-state index contributed by atoms with van der Waals surface area (Å²) in [6.45, 7) is 6.11. The highest BCUT2D eigenvalue weighted by atomic mass is 28.3. The van der Waals surface area contributed by atoms with Gasteiger partial charge in [0.2, 0.25) is 9.04 Å². The molecule has 0 aliphatic carbocycles. The molecule has 3 nitrogen and oxygen atoms in total. The topological polar surface area (TPSA) is 38.7 Å². The van der Waals surface area contributed by atoms with Crippen molar-refractivity contribution in [2.45, 2.75) is 25.6 Å². The van der Waals surface area contributed by atoms with E-state index in [0.717, 1.165) is 25.2 Å². The van der Waals surface area contributed by atoms with Gasteiger partial charge < -0.3 is 14.3 Å². The predicted molar refractivity (Wildman–Crippen MR) is 70.1 cm³/mol. The lowest BCUT2D eigenvalue weighted by Crippen LogP contribution is -2.24. The van der Waals surface area contributed by atoms with E-state index in [2.05, 4.69) is 0 Å². The molecule has 0 spiro atoms. The number of benzene rings is 1. The van der Waals surface area contributed by atoms with Crippen LogP contribution in [0.5, 0.6) is 0 Å². The van der Waals surface area contributed by atoms with Gasteiger partial charge in [0.1, 0.15) is 0 Å². The lowest BCUT2D eigenvalue weighted by atomic mass is 10.2. The van der Waals surface area contributed by atoms with Crippen LogP contribution in [0.4, 0.5) is 0 Å². The van der Waals surface area contributed by atoms with Gasteiger partial charge in [-0.05, 0) is 25.5 Å². The highest BCUT2D eigenvalue weighted by molar-refractivity contribution is 6.51. The van der Waals surface area contributed by atoms with Gasteiger partial charge in [-0.1, -0.05) is 30.3 Å². The molecule has 1 rings (SSSR count). The van der Waals surface area contributed by atoms with Crippen molar-refractivity contribution in [3.63, 3.8) is 0 Å². The van der Waals surface area contributed by atoms with Crippen molar-refractivity contribution >= 4 is 9.04 Å². The zero-order chi connectivity index (χ0) is 12.5. The highest BCUT2D eigenvalue weighted by Crippen LogP contribution is 2.16. The van der Waals surface area contributed by atoms with Gasteiger partial charge >= 0.3 is 0 Å². The second kappa shape index (κ2) is 8.41. The summed E-state index contributed by atoms with van der Waals surface area (Å²) in [4.78, 5) is 0. The molecule has 0 saturated carbocycles. The van der Waals surface area contributed by atoms with E-state index in [1.54, 1.807) is 0 Å². The molecule has 1 radical (unpaired) electrons. The van der Waals surface area contributed by atoms with E-state index in [0.29, 0.717) is 6.61 Å². The summed E-state index contributed by atoms with van der Waals surface area (Å²) in [5.41, 5.74) is 0.474. The van der Waals surface area contributed by atoms with E-state index in [1.165, 1.54) is 0 Å². The fraction of sp³-hybridized carbons (Fsp3) is 0.538. The number of aliphatic hydroxyl groups excluding tert-OH is 1. The molecule has 0 bridgehead atoms. The Labute approximate surface area is 105 Å². The van der Waals surface area contributed by atoms with Gasteiger partial charge in [-0.3, -0.25) is 0 Å². The van der Waals surface area contributed by atoms with E-state index in [1.807, 2.05) is 43.8 Å². The smallest absolute Gasteiger partial charge is 0.242 e. The van der Waals surface area contributed by atoms with Crippen LogP contribution < -0.4 is 0 Å². The van der Waals surface area contributed by atoms with E-state index in [-0.39, 0.29) is 0 Å². The molecule has 0 heterocycles. The second-order valence-electron chi connectivity index (χ2n) is 3.82. The van der Waals surface area contributed by atoms with Crippen molar-refractivity contribution in [1.82, 2.24) is 0 Å². The van der Waals surface area contributed by atoms with Crippen molar-refractivity contribution in [1.29, 1.82) is 0 Å². The third-order valence-electron chi connectivity index (χ3n) is 2.47. The van der Waals surface area contributed by atoms with Crippen LogP contribution in [0.1, 0.15) is 24.6 Å². The summed E-state index contributed by atoms with van der Waals surface area (Å²) in [6, 6.07) is 9.68. The summed E-state index contributed by atoms with van der Waals surface area (Å²) >= 11 is 0. The molecule has 17 heavy (non-hydrogen) atoms. The minimum atomic E-state index is -1.21. The van der Waals surface area contributed by atoms with Gasteiger partial charge in [0, 0.05) is 19.8 Å². The number of aliphatic hydroxyl groups is 1. The normalized spacial score (nSPS) is 12.9. The number of rotatable bonds is 8. The molecule has 0 saturated heterocycles. The summed E-state index contributed by atoms with van der Waals surface area (Å²) in [5, 5.41) is 10.1. The number of hydrogen-bond donors (Lipinski definition) is 1. The summed E-state index contributed by atoms with van der Waals surface area (Å²) < 4.78 is 10.9. The van der Waals surface area contributed by atoms with E-state index in [9.17, 15) is 5.11 Å².